The molecule has 0 aliphatic carbocycles. The van der Waals surface area contributed by atoms with Gasteiger partial charge in [-0.1, -0.05) is 23.4 Å². The molecule has 0 N–H and O–H groups in total. The van der Waals surface area contributed by atoms with Crippen LogP contribution in [0, 0.1) is 0 Å². The van der Waals surface area contributed by atoms with Crippen LogP contribution in [-0.2, 0) is 9.63 Å². The zero-order valence-corrected chi connectivity index (χ0v) is 14.4. The van der Waals surface area contributed by atoms with E-state index in [1.807, 2.05) is 48.5 Å². The lowest BCUT2D eigenvalue weighted by atomic mass is 10.0. The average Bonchev–Trinajstić information content (AvgIpc) is 3.17. The van der Waals surface area contributed by atoms with Crippen LogP contribution in [0.5, 0.6) is 11.5 Å². The van der Waals surface area contributed by atoms with Gasteiger partial charge in [0.05, 0.1) is 19.9 Å². The number of rotatable bonds is 5. The Morgan fingerprint density at radius 1 is 1.12 bits per heavy atom. The summed E-state index contributed by atoms with van der Waals surface area (Å²) in [6.07, 6.45) is -0.223. The molecule has 0 saturated carbocycles. The van der Waals surface area contributed by atoms with E-state index < -0.39 is 6.10 Å². The van der Waals surface area contributed by atoms with Gasteiger partial charge < -0.3 is 19.2 Å². The van der Waals surface area contributed by atoms with Gasteiger partial charge in [0.15, 0.2) is 11.5 Å². The smallest absolute Gasteiger partial charge is 0.271 e. The van der Waals surface area contributed by atoms with Crippen molar-refractivity contribution in [3.8, 4) is 11.5 Å². The van der Waals surface area contributed by atoms with Gasteiger partial charge in [-0.2, -0.15) is 0 Å². The molecule has 0 radical (unpaired) electrons. The summed E-state index contributed by atoms with van der Waals surface area (Å²) in [5.74, 6) is 1.12. The van der Waals surface area contributed by atoms with Crippen molar-refractivity contribution in [1.29, 1.82) is 0 Å². The summed E-state index contributed by atoms with van der Waals surface area (Å²) in [6.45, 7) is 0. The molecule has 3 rings (SSSR count). The predicted molar refractivity (Wildman–Crippen MR) is 95.4 cm³/mol. The van der Waals surface area contributed by atoms with Crippen molar-refractivity contribution in [2.75, 3.05) is 26.2 Å². The molecule has 0 bridgehead atoms. The van der Waals surface area contributed by atoms with Crippen LogP contribution in [-0.4, -0.2) is 39.0 Å². The number of carbonyl (C=O) groups is 1. The summed E-state index contributed by atoms with van der Waals surface area (Å²) >= 11 is 0. The Kier molecular flexibility index (Phi) is 4.88. The van der Waals surface area contributed by atoms with Gasteiger partial charge in [0, 0.05) is 24.7 Å². The minimum Gasteiger partial charge on any atom is -0.493 e. The fourth-order valence-corrected chi connectivity index (χ4v) is 2.69. The molecule has 0 unspecified atom stereocenters. The third-order valence-corrected chi connectivity index (χ3v) is 4.14. The molecule has 1 atom stereocenters. The molecule has 1 aliphatic rings. The SMILES string of the molecule is COc1ccc(C2=NO[C@H](C(=O)N(C)c3ccccc3)C2)cc1OC. The number of anilines is 1. The molecule has 1 heterocycles. The first kappa shape index (κ1) is 16.8. The van der Waals surface area contributed by atoms with E-state index in [4.69, 9.17) is 14.3 Å². The normalized spacial score (nSPS) is 16.0. The maximum absolute atomic E-state index is 12.6. The highest BCUT2D eigenvalue weighted by atomic mass is 16.6. The fourth-order valence-electron chi connectivity index (χ4n) is 2.69. The quantitative estimate of drug-likeness (QED) is 0.840. The molecule has 130 valence electrons. The van der Waals surface area contributed by atoms with E-state index in [2.05, 4.69) is 5.16 Å². The minimum absolute atomic E-state index is 0.134. The van der Waals surface area contributed by atoms with E-state index in [1.165, 1.54) is 0 Å². The average molecular weight is 340 g/mol. The summed E-state index contributed by atoms with van der Waals surface area (Å²) in [6, 6.07) is 15.0. The Bertz CT molecular complexity index is 789. The number of likely N-dealkylation sites (N-methyl/N-ethyl adjacent to an activating group) is 1. The van der Waals surface area contributed by atoms with Gasteiger partial charge in [0.25, 0.3) is 5.91 Å². The van der Waals surface area contributed by atoms with Gasteiger partial charge in [-0.3, -0.25) is 4.79 Å². The van der Waals surface area contributed by atoms with E-state index in [0.29, 0.717) is 23.6 Å². The van der Waals surface area contributed by atoms with Crippen LogP contribution in [0.2, 0.25) is 0 Å². The van der Waals surface area contributed by atoms with Crippen molar-refractivity contribution in [2.24, 2.45) is 5.16 Å². The molecule has 2 aromatic rings. The summed E-state index contributed by atoms with van der Waals surface area (Å²) in [4.78, 5) is 19.6. The zero-order valence-electron chi connectivity index (χ0n) is 14.4. The number of methoxy groups -OCH3 is 2. The van der Waals surface area contributed by atoms with Gasteiger partial charge in [-0.25, -0.2) is 0 Å². The number of benzene rings is 2. The highest BCUT2D eigenvalue weighted by Gasteiger charge is 2.31. The number of ether oxygens (including phenoxy) is 2. The maximum Gasteiger partial charge on any atom is 0.271 e. The first-order valence-electron chi connectivity index (χ1n) is 7.91. The minimum atomic E-state index is -0.631. The van der Waals surface area contributed by atoms with Crippen LogP contribution >= 0.6 is 0 Å². The summed E-state index contributed by atoms with van der Waals surface area (Å²) in [7, 11) is 4.90. The first-order valence-corrected chi connectivity index (χ1v) is 7.91. The lowest BCUT2D eigenvalue weighted by molar-refractivity contribution is -0.128. The van der Waals surface area contributed by atoms with E-state index >= 15 is 0 Å². The van der Waals surface area contributed by atoms with E-state index in [9.17, 15) is 4.79 Å². The van der Waals surface area contributed by atoms with Crippen molar-refractivity contribution in [1.82, 2.24) is 0 Å². The largest absolute Gasteiger partial charge is 0.493 e. The summed E-state index contributed by atoms with van der Waals surface area (Å²) < 4.78 is 10.5. The maximum atomic E-state index is 12.6. The van der Waals surface area contributed by atoms with Crippen molar-refractivity contribution in [3.63, 3.8) is 0 Å². The third kappa shape index (κ3) is 3.42. The predicted octanol–water partition coefficient (Wildman–Crippen LogP) is 2.86. The Hall–Kier alpha value is -3.02. The molecule has 1 amide bonds. The van der Waals surface area contributed by atoms with Crippen LogP contribution in [0.3, 0.4) is 0 Å². The number of hydrogen-bond donors (Lipinski definition) is 0. The molecule has 2 aromatic carbocycles. The number of nitrogens with zero attached hydrogens (tertiary/aromatic N) is 2. The molecule has 25 heavy (non-hydrogen) atoms. The molecule has 0 saturated heterocycles. The van der Waals surface area contributed by atoms with Crippen LogP contribution in [0.15, 0.2) is 53.7 Å². The Balaban J connectivity index is 1.72. The second-order valence-corrected chi connectivity index (χ2v) is 5.64. The van der Waals surface area contributed by atoms with E-state index in [0.717, 1.165) is 11.3 Å². The number of carbonyl (C=O) groups excluding carboxylic acids is 1. The van der Waals surface area contributed by atoms with Gasteiger partial charge in [-0.05, 0) is 30.3 Å². The monoisotopic (exact) mass is 340 g/mol. The Morgan fingerprint density at radius 2 is 1.84 bits per heavy atom. The molecule has 6 heteroatoms. The third-order valence-electron chi connectivity index (χ3n) is 4.14. The molecule has 0 fully saturated rings. The van der Waals surface area contributed by atoms with Crippen molar-refractivity contribution >= 4 is 17.3 Å². The summed E-state index contributed by atoms with van der Waals surface area (Å²) in [5, 5.41) is 4.09. The Morgan fingerprint density at radius 3 is 2.52 bits per heavy atom. The number of hydrogen-bond acceptors (Lipinski definition) is 5. The highest BCUT2D eigenvalue weighted by molar-refractivity contribution is 6.06. The molecule has 0 aromatic heterocycles. The highest BCUT2D eigenvalue weighted by Crippen LogP contribution is 2.30. The number of amides is 1. The van der Waals surface area contributed by atoms with Gasteiger partial charge in [0.1, 0.15) is 0 Å². The van der Waals surface area contributed by atoms with Crippen LogP contribution in [0.25, 0.3) is 0 Å². The van der Waals surface area contributed by atoms with Crippen molar-refractivity contribution < 1.29 is 19.1 Å². The van der Waals surface area contributed by atoms with Gasteiger partial charge in [0.2, 0.25) is 6.10 Å². The van der Waals surface area contributed by atoms with Crippen LogP contribution in [0.4, 0.5) is 5.69 Å². The lowest BCUT2D eigenvalue weighted by Crippen LogP contribution is -2.36. The summed E-state index contributed by atoms with van der Waals surface area (Å²) in [5.41, 5.74) is 2.37. The van der Waals surface area contributed by atoms with E-state index in [1.54, 1.807) is 26.2 Å². The molecule has 6 nitrogen and oxygen atoms in total. The molecule has 0 spiro atoms. The lowest BCUT2D eigenvalue weighted by Gasteiger charge is -2.19. The van der Waals surface area contributed by atoms with Crippen molar-refractivity contribution in [3.05, 3.63) is 54.1 Å². The zero-order chi connectivity index (χ0) is 17.8. The van der Waals surface area contributed by atoms with Crippen LogP contribution in [0.1, 0.15) is 12.0 Å². The van der Waals surface area contributed by atoms with E-state index in [-0.39, 0.29) is 5.91 Å². The molecular formula is C19H20N2O4. The number of para-hydroxylation sites is 1. The van der Waals surface area contributed by atoms with Gasteiger partial charge in [-0.15, -0.1) is 0 Å². The molecule has 1 aliphatic heterocycles. The second-order valence-electron chi connectivity index (χ2n) is 5.64. The van der Waals surface area contributed by atoms with Crippen molar-refractivity contribution in [2.45, 2.75) is 12.5 Å². The van der Waals surface area contributed by atoms with Gasteiger partial charge >= 0.3 is 0 Å². The number of oxime groups is 1. The molecular weight excluding hydrogens is 320 g/mol. The topological polar surface area (TPSA) is 60.4 Å². The second kappa shape index (κ2) is 7.25. The first-order chi connectivity index (χ1) is 12.1. The fraction of sp³-hybridized carbons (Fsp3) is 0.263. The standard InChI is InChI=1S/C19H20N2O4/c1-21(14-7-5-4-6-8-14)19(22)18-12-15(20-25-18)13-9-10-16(23-2)17(11-13)24-3/h4-11,18H,12H2,1-3H3/t18-/m0/s1. The van der Waals surface area contributed by atoms with Crippen LogP contribution < -0.4 is 14.4 Å². The Labute approximate surface area is 146 Å².